The lowest BCUT2D eigenvalue weighted by atomic mass is 9.91. The molecule has 0 fully saturated rings. The minimum Gasteiger partial charge on any atom is -0.469 e. The van der Waals surface area contributed by atoms with Crippen molar-refractivity contribution in [3.05, 3.63) is 70.7 Å². The summed E-state index contributed by atoms with van der Waals surface area (Å²) < 4.78 is 4.81. The Bertz CT molecular complexity index is 637. The van der Waals surface area contributed by atoms with Crippen LogP contribution in [-0.2, 0) is 9.53 Å². The summed E-state index contributed by atoms with van der Waals surface area (Å²) in [4.78, 5) is 24.3. The highest BCUT2D eigenvalue weighted by molar-refractivity contribution is 6.30. The quantitative estimate of drug-likeness (QED) is 0.622. The van der Waals surface area contributed by atoms with E-state index in [4.69, 9.17) is 16.3 Å². The van der Waals surface area contributed by atoms with Crippen molar-refractivity contribution >= 4 is 23.4 Å². The summed E-state index contributed by atoms with van der Waals surface area (Å²) in [6.45, 7) is 0. The number of esters is 1. The number of rotatable bonds is 5. The van der Waals surface area contributed by atoms with Crippen molar-refractivity contribution in [3.63, 3.8) is 0 Å². The zero-order valence-corrected chi connectivity index (χ0v) is 12.3. The molecular weight excluding hydrogens is 288 g/mol. The van der Waals surface area contributed by atoms with Crippen LogP contribution in [-0.4, -0.2) is 18.9 Å². The minimum atomic E-state index is -0.651. The Hall–Kier alpha value is -2.13. The van der Waals surface area contributed by atoms with Crippen LogP contribution in [0.4, 0.5) is 0 Å². The Morgan fingerprint density at radius 2 is 1.81 bits per heavy atom. The van der Waals surface area contributed by atoms with E-state index in [1.165, 1.54) is 7.11 Å². The molecular formula is C17H15ClO3. The van der Waals surface area contributed by atoms with Gasteiger partial charge >= 0.3 is 5.97 Å². The first-order valence-electron chi connectivity index (χ1n) is 6.53. The molecule has 21 heavy (non-hydrogen) atoms. The molecule has 3 nitrogen and oxygen atoms in total. The summed E-state index contributed by atoms with van der Waals surface area (Å²) >= 11 is 5.95. The largest absolute Gasteiger partial charge is 0.469 e. The van der Waals surface area contributed by atoms with Crippen molar-refractivity contribution in [1.82, 2.24) is 0 Å². The van der Waals surface area contributed by atoms with Gasteiger partial charge < -0.3 is 4.74 Å². The SMILES string of the molecule is COC(=O)[C@@H](CC(=O)c1ccccc1)c1cccc(Cl)c1. The number of hydrogen-bond acceptors (Lipinski definition) is 3. The van der Waals surface area contributed by atoms with Gasteiger partial charge in [0.15, 0.2) is 5.78 Å². The fraction of sp³-hybridized carbons (Fsp3) is 0.176. The lowest BCUT2D eigenvalue weighted by molar-refractivity contribution is -0.142. The van der Waals surface area contributed by atoms with Gasteiger partial charge in [-0.25, -0.2) is 0 Å². The van der Waals surface area contributed by atoms with E-state index in [9.17, 15) is 9.59 Å². The molecule has 108 valence electrons. The maximum atomic E-state index is 12.3. The number of ether oxygens (including phenoxy) is 1. The van der Waals surface area contributed by atoms with Gasteiger partial charge in [-0.3, -0.25) is 9.59 Å². The van der Waals surface area contributed by atoms with Crippen molar-refractivity contribution in [2.75, 3.05) is 7.11 Å². The summed E-state index contributed by atoms with van der Waals surface area (Å²) in [5, 5.41) is 0.522. The molecule has 2 aromatic rings. The first kappa shape index (κ1) is 15.3. The normalized spacial score (nSPS) is 11.7. The zero-order valence-electron chi connectivity index (χ0n) is 11.6. The summed E-state index contributed by atoms with van der Waals surface area (Å²) in [5.74, 6) is -1.20. The fourth-order valence-electron chi connectivity index (χ4n) is 2.13. The van der Waals surface area contributed by atoms with Crippen LogP contribution in [0.15, 0.2) is 54.6 Å². The van der Waals surface area contributed by atoms with Crippen LogP contribution in [0.25, 0.3) is 0 Å². The molecule has 4 heteroatoms. The third-order valence-electron chi connectivity index (χ3n) is 3.22. The third-order valence-corrected chi connectivity index (χ3v) is 3.46. The molecule has 0 N–H and O–H groups in total. The number of carbonyl (C=O) groups is 2. The van der Waals surface area contributed by atoms with Gasteiger partial charge in [0.25, 0.3) is 0 Å². The fourth-order valence-corrected chi connectivity index (χ4v) is 2.33. The third kappa shape index (κ3) is 3.92. The van der Waals surface area contributed by atoms with Crippen molar-refractivity contribution < 1.29 is 14.3 Å². The van der Waals surface area contributed by atoms with Gasteiger partial charge in [0, 0.05) is 17.0 Å². The highest BCUT2D eigenvalue weighted by atomic mass is 35.5. The van der Waals surface area contributed by atoms with Crippen LogP contribution in [0, 0.1) is 0 Å². The number of Topliss-reactive ketones (excluding diaryl/α,β-unsaturated/α-hetero) is 1. The smallest absolute Gasteiger partial charge is 0.313 e. The Morgan fingerprint density at radius 3 is 2.43 bits per heavy atom. The van der Waals surface area contributed by atoms with E-state index in [1.807, 2.05) is 6.07 Å². The Balaban J connectivity index is 2.26. The molecule has 0 saturated carbocycles. The van der Waals surface area contributed by atoms with Crippen LogP contribution in [0.2, 0.25) is 5.02 Å². The van der Waals surface area contributed by atoms with Gasteiger partial charge in [-0.15, -0.1) is 0 Å². The van der Waals surface area contributed by atoms with Crippen LogP contribution in [0.5, 0.6) is 0 Å². The summed E-state index contributed by atoms with van der Waals surface area (Å²) in [7, 11) is 1.31. The topological polar surface area (TPSA) is 43.4 Å². The van der Waals surface area contributed by atoms with Gasteiger partial charge in [0.05, 0.1) is 13.0 Å². The molecule has 0 aliphatic heterocycles. The molecule has 0 bridgehead atoms. The standard InChI is InChI=1S/C17H15ClO3/c1-21-17(20)15(13-8-5-9-14(18)10-13)11-16(19)12-6-3-2-4-7-12/h2-10,15H,11H2,1H3/t15-/m0/s1. The number of halogens is 1. The average Bonchev–Trinajstić information content (AvgIpc) is 2.52. The van der Waals surface area contributed by atoms with Gasteiger partial charge in [-0.2, -0.15) is 0 Å². The number of benzene rings is 2. The lowest BCUT2D eigenvalue weighted by Crippen LogP contribution is -2.18. The maximum Gasteiger partial charge on any atom is 0.313 e. The van der Waals surface area contributed by atoms with Crippen molar-refractivity contribution in [3.8, 4) is 0 Å². The molecule has 1 atom stereocenters. The highest BCUT2D eigenvalue weighted by Crippen LogP contribution is 2.25. The molecule has 0 spiro atoms. The van der Waals surface area contributed by atoms with E-state index in [0.29, 0.717) is 16.1 Å². The van der Waals surface area contributed by atoms with E-state index < -0.39 is 11.9 Å². The predicted molar refractivity (Wildman–Crippen MR) is 81.6 cm³/mol. The van der Waals surface area contributed by atoms with Gasteiger partial charge in [0.2, 0.25) is 0 Å². The number of ketones is 1. The molecule has 0 unspecified atom stereocenters. The zero-order chi connectivity index (χ0) is 15.2. The number of carbonyl (C=O) groups excluding carboxylic acids is 2. The lowest BCUT2D eigenvalue weighted by Gasteiger charge is -2.14. The number of hydrogen-bond donors (Lipinski definition) is 0. The number of methoxy groups -OCH3 is 1. The van der Waals surface area contributed by atoms with E-state index in [2.05, 4.69) is 0 Å². The molecule has 2 aromatic carbocycles. The van der Waals surface area contributed by atoms with Gasteiger partial charge in [0.1, 0.15) is 0 Å². The minimum absolute atomic E-state index is 0.0526. The Labute approximate surface area is 128 Å². The van der Waals surface area contributed by atoms with Gasteiger partial charge in [-0.1, -0.05) is 54.1 Å². The molecule has 0 aromatic heterocycles. The molecule has 0 saturated heterocycles. The van der Waals surface area contributed by atoms with Crippen LogP contribution < -0.4 is 0 Å². The second-order valence-electron chi connectivity index (χ2n) is 4.62. The van der Waals surface area contributed by atoms with Crippen LogP contribution in [0.3, 0.4) is 0 Å². The van der Waals surface area contributed by atoms with Crippen molar-refractivity contribution in [1.29, 1.82) is 0 Å². The van der Waals surface area contributed by atoms with E-state index in [-0.39, 0.29) is 12.2 Å². The van der Waals surface area contributed by atoms with Crippen LogP contribution >= 0.6 is 11.6 Å². The second kappa shape index (κ2) is 7.04. The predicted octanol–water partition coefficient (Wildman–Crippen LogP) is 3.87. The first-order valence-corrected chi connectivity index (χ1v) is 6.91. The molecule has 0 heterocycles. The molecule has 0 aliphatic rings. The Kier molecular flexibility index (Phi) is 5.12. The van der Waals surface area contributed by atoms with E-state index in [1.54, 1.807) is 48.5 Å². The molecule has 0 amide bonds. The van der Waals surface area contributed by atoms with E-state index in [0.717, 1.165) is 0 Å². The molecule has 2 rings (SSSR count). The molecule has 0 radical (unpaired) electrons. The highest BCUT2D eigenvalue weighted by Gasteiger charge is 2.25. The van der Waals surface area contributed by atoms with Crippen molar-refractivity contribution in [2.45, 2.75) is 12.3 Å². The second-order valence-corrected chi connectivity index (χ2v) is 5.06. The summed E-state index contributed by atoms with van der Waals surface area (Å²) in [6.07, 6.45) is 0.0526. The molecule has 0 aliphatic carbocycles. The summed E-state index contributed by atoms with van der Waals surface area (Å²) in [5.41, 5.74) is 1.26. The van der Waals surface area contributed by atoms with Crippen molar-refractivity contribution in [2.24, 2.45) is 0 Å². The van der Waals surface area contributed by atoms with E-state index >= 15 is 0 Å². The Morgan fingerprint density at radius 1 is 1.10 bits per heavy atom. The summed E-state index contributed by atoms with van der Waals surface area (Å²) in [6, 6.07) is 15.8. The monoisotopic (exact) mass is 302 g/mol. The van der Waals surface area contributed by atoms with Gasteiger partial charge in [-0.05, 0) is 17.7 Å². The first-order chi connectivity index (χ1) is 10.1. The maximum absolute atomic E-state index is 12.3. The van der Waals surface area contributed by atoms with Crippen LogP contribution in [0.1, 0.15) is 28.3 Å². The average molecular weight is 303 g/mol.